The molecule has 1 aromatic rings. The van der Waals surface area contributed by atoms with Gasteiger partial charge in [-0.1, -0.05) is 0 Å². The Hall–Kier alpha value is -0.550. The first-order chi connectivity index (χ1) is 7.75. The highest BCUT2D eigenvalue weighted by Crippen LogP contribution is 2.33. The van der Waals surface area contributed by atoms with Crippen LogP contribution in [-0.4, -0.2) is 27.6 Å². The molecule has 88 valence electrons. The van der Waals surface area contributed by atoms with Gasteiger partial charge >= 0.3 is 5.97 Å². The van der Waals surface area contributed by atoms with Crippen LogP contribution in [0.15, 0.2) is 6.20 Å². The second-order valence-corrected chi connectivity index (χ2v) is 6.27. The quantitative estimate of drug-likeness (QED) is 0.901. The van der Waals surface area contributed by atoms with Gasteiger partial charge in [-0.25, -0.2) is 4.98 Å². The van der Waals surface area contributed by atoms with Crippen molar-refractivity contribution in [1.29, 1.82) is 0 Å². The van der Waals surface area contributed by atoms with Crippen LogP contribution >= 0.6 is 23.1 Å². The summed E-state index contributed by atoms with van der Waals surface area (Å²) in [5.41, 5.74) is 0. The average Bonchev–Trinajstić information content (AvgIpc) is 2.76. The second-order valence-electron chi connectivity index (χ2n) is 3.97. The molecule has 1 aliphatic rings. The summed E-state index contributed by atoms with van der Waals surface area (Å²) >= 11 is 3.69. The standard InChI is InChI=1S/C11H15NO2S2/c13-10(14)4-3-9-6-12-11(16-9)8-2-1-5-15-7-8/h6,8H,1-5,7H2,(H,13,14). The van der Waals surface area contributed by atoms with Crippen molar-refractivity contribution in [3.63, 3.8) is 0 Å². The minimum absolute atomic E-state index is 0.209. The maximum atomic E-state index is 10.5. The maximum absolute atomic E-state index is 10.5. The normalized spacial score (nSPS) is 20.9. The minimum atomic E-state index is -0.733. The Morgan fingerprint density at radius 2 is 2.50 bits per heavy atom. The van der Waals surface area contributed by atoms with Crippen LogP contribution in [0.2, 0.25) is 0 Å². The molecule has 1 aromatic heterocycles. The fourth-order valence-corrected chi connectivity index (χ4v) is 4.10. The van der Waals surface area contributed by atoms with Crippen molar-refractivity contribution in [2.45, 2.75) is 31.6 Å². The number of hydrogen-bond donors (Lipinski definition) is 1. The monoisotopic (exact) mass is 257 g/mol. The zero-order valence-electron chi connectivity index (χ0n) is 9.02. The third kappa shape index (κ3) is 3.22. The van der Waals surface area contributed by atoms with Crippen LogP contribution in [0.4, 0.5) is 0 Å². The number of carboxylic acid groups (broad SMARTS) is 1. The Kier molecular flexibility index (Phi) is 4.23. The van der Waals surface area contributed by atoms with Crippen LogP contribution in [0.5, 0.6) is 0 Å². The molecule has 0 spiro atoms. The van der Waals surface area contributed by atoms with Crippen LogP contribution in [0.25, 0.3) is 0 Å². The second kappa shape index (κ2) is 5.68. The number of thioether (sulfide) groups is 1. The number of carbonyl (C=O) groups is 1. The third-order valence-electron chi connectivity index (χ3n) is 2.67. The average molecular weight is 257 g/mol. The van der Waals surface area contributed by atoms with Gasteiger partial charge in [0.15, 0.2) is 0 Å². The molecule has 2 rings (SSSR count). The van der Waals surface area contributed by atoms with Gasteiger partial charge in [0.1, 0.15) is 0 Å². The fraction of sp³-hybridized carbons (Fsp3) is 0.636. The lowest BCUT2D eigenvalue weighted by Crippen LogP contribution is -2.07. The van der Waals surface area contributed by atoms with Crippen molar-refractivity contribution < 1.29 is 9.90 Å². The highest BCUT2D eigenvalue weighted by atomic mass is 32.2. The van der Waals surface area contributed by atoms with Gasteiger partial charge in [-0.3, -0.25) is 4.79 Å². The molecule has 0 bridgehead atoms. The van der Waals surface area contributed by atoms with Crippen molar-refractivity contribution in [3.8, 4) is 0 Å². The van der Waals surface area contributed by atoms with Gasteiger partial charge in [-0.15, -0.1) is 11.3 Å². The van der Waals surface area contributed by atoms with Crippen LogP contribution in [-0.2, 0) is 11.2 Å². The van der Waals surface area contributed by atoms with Crippen molar-refractivity contribution in [2.75, 3.05) is 11.5 Å². The molecular weight excluding hydrogens is 242 g/mol. The van der Waals surface area contributed by atoms with Crippen molar-refractivity contribution in [1.82, 2.24) is 4.98 Å². The van der Waals surface area contributed by atoms with E-state index in [1.54, 1.807) is 11.3 Å². The Morgan fingerprint density at radius 3 is 3.19 bits per heavy atom. The van der Waals surface area contributed by atoms with Crippen LogP contribution < -0.4 is 0 Å². The molecule has 16 heavy (non-hydrogen) atoms. The summed E-state index contributed by atoms with van der Waals surface area (Å²) in [5, 5.41) is 9.81. The summed E-state index contributed by atoms with van der Waals surface area (Å²) in [6.07, 6.45) is 5.19. The van der Waals surface area contributed by atoms with Gasteiger partial charge in [0.2, 0.25) is 0 Å². The van der Waals surface area contributed by atoms with E-state index >= 15 is 0 Å². The predicted octanol–water partition coefficient (Wildman–Crippen LogP) is 2.77. The number of rotatable bonds is 4. The SMILES string of the molecule is O=C(O)CCc1cnc(C2CCCSC2)s1. The molecule has 1 fully saturated rings. The van der Waals surface area contributed by atoms with Crippen molar-refractivity contribution in [2.24, 2.45) is 0 Å². The largest absolute Gasteiger partial charge is 0.481 e. The highest BCUT2D eigenvalue weighted by Gasteiger charge is 2.19. The minimum Gasteiger partial charge on any atom is -0.481 e. The summed E-state index contributed by atoms with van der Waals surface area (Å²) in [7, 11) is 0. The highest BCUT2D eigenvalue weighted by molar-refractivity contribution is 7.99. The lowest BCUT2D eigenvalue weighted by atomic mass is 10.1. The number of hydrogen-bond acceptors (Lipinski definition) is 4. The Bertz CT molecular complexity index is 359. The molecule has 0 amide bonds. The zero-order valence-corrected chi connectivity index (χ0v) is 10.6. The molecule has 1 N–H and O–H groups in total. The third-order valence-corrected chi connectivity index (χ3v) is 5.10. The van der Waals surface area contributed by atoms with E-state index in [2.05, 4.69) is 4.98 Å². The number of nitrogens with zero attached hydrogens (tertiary/aromatic N) is 1. The molecule has 0 aliphatic carbocycles. The summed E-state index contributed by atoms with van der Waals surface area (Å²) in [5.74, 6) is 2.31. The van der Waals surface area contributed by atoms with Crippen molar-refractivity contribution in [3.05, 3.63) is 16.1 Å². The molecule has 1 saturated heterocycles. The lowest BCUT2D eigenvalue weighted by molar-refractivity contribution is -0.136. The van der Waals surface area contributed by atoms with E-state index in [9.17, 15) is 4.79 Å². The van der Waals surface area contributed by atoms with E-state index in [4.69, 9.17) is 5.11 Å². The zero-order chi connectivity index (χ0) is 11.4. The Labute approximate surface area is 103 Å². The van der Waals surface area contributed by atoms with E-state index in [1.165, 1.54) is 29.4 Å². The first-order valence-corrected chi connectivity index (χ1v) is 7.47. The van der Waals surface area contributed by atoms with Crippen LogP contribution in [0.3, 0.4) is 0 Å². The van der Waals surface area contributed by atoms with Gasteiger partial charge in [0.25, 0.3) is 0 Å². The van der Waals surface area contributed by atoms with E-state index in [1.807, 2.05) is 18.0 Å². The van der Waals surface area contributed by atoms with Crippen molar-refractivity contribution >= 4 is 29.1 Å². The summed E-state index contributed by atoms with van der Waals surface area (Å²) in [6.45, 7) is 0. The lowest BCUT2D eigenvalue weighted by Gasteiger charge is -2.18. The van der Waals surface area contributed by atoms with E-state index in [0.717, 1.165) is 4.88 Å². The molecule has 5 heteroatoms. The molecule has 0 saturated carbocycles. The first kappa shape index (κ1) is 11.9. The van der Waals surface area contributed by atoms with Gasteiger partial charge in [-0.2, -0.15) is 11.8 Å². The molecule has 0 aromatic carbocycles. The predicted molar refractivity (Wildman–Crippen MR) is 67.4 cm³/mol. The topological polar surface area (TPSA) is 50.2 Å². The van der Waals surface area contributed by atoms with Crippen LogP contribution in [0, 0.1) is 0 Å². The molecule has 2 heterocycles. The number of thiazole rings is 1. The molecule has 0 radical (unpaired) electrons. The molecule has 1 unspecified atom stereocenters. The molecule has 1 aliphatic heterocycles. The Balaban J connectivity index is 1.93. The molecule has 3 nitrogen and oxygen atoms in total. The van der Waals surface area contributed by atoms with Gasteiger partial charge in [0, 0.05) is 22.7 Å². The van der Waals surface area contributed by atoms with Gasteiger partial charge in [-0.05, 0) is 25.0 Å². The maximum Gasteiger partial charge on any atom is 0.303 e. The van der Waals surface area contributed by atoms with Crippen LogP contribution in [0.1, 0.15) is 35.1 Å². The Morgan fingerprint density at radius 1 is 1.62 bits per heavy atom. The summed E-state index contributed by atoms with van der Waals surface area (Å²) in [6, 6.07) is 0. The smallest absolute Gasteiger partial charge is 0.303 e. The number of aryl methyl sites for hydroxylation is 1. The number of carboxylic acids is 1. The van der Waals surface area contributed by atoms with Gasteiger partial charge < -0.3 is 5.11 Å². The molecule has 1 atom stereocenters. The van der Waals surface area contributed by atoms with Gasteiger partial charge in [0.05, 0.1) is 11.4 Å². The fourth-order valence-electron chi connectivity index (χ4n) is 1.79. The molecular formula is C11H15NO2S2. The number of aliphatic carboxylic acids is 1. The summed E-state index contributed by atoms with van der Waals surface area (Å²) < 4.78 is 0. The first-order valence-electron chi connectivity index (χ1n) is 5.50. The number of aromatic nitrogens is 1. The van der Waals surface area contributed by atoms with E-state index in [0.29, 0.717) is 12.3 Å². The van der Waals surface area contributed by atoms with E-state index < -0.39 is 5.97 Å². The summed E-state index contributed by atoms with van der Waals surface area (Å²) in [4.78, 5) is 16.0. The van der Waals surface area contributed by atoms with E-state index in [-0.39, 0.29) is 6.42 Å².